The van der Waals surface area contributed by atoms with Gasteiger partial charge in [-0.25, -0.2) is 0 Å². The van der Waals surface area contributed by atoms with E-state index in [2.05, 4.69) is 5.32 Å². The van der Waals surface area contributed by atoms with Crippen molar-refractivity contribution in [3.63, 3.8) is 0 Å². The van der Waals surface area contributed by atoms with Crippen molar-refractivity contribution in [3.8, 4) is 0 Å². The van der Waals surface area contributed by atoms with Crippen LogP contribution < -0.4 is 5.32 Å². The highest BCUT2D eigenvalue weighted by atomic mass is 32.1. The lowest BCUT2D eigenvalue weighted by Gasteiger charge is -2.35. The van der Waals surface area contributed by atoms with Crippen LogP contribution in [0.5, 0.6) is 0 Å². The normalized spacial score (nSPS) is 18.4. The predicted octanol–water partition coefficient (Wildman–Crippen LogP) is 4.37. The minimum Gasteiger partial charge on any atom is -0.459 e. The summed E-state index contributed by atoms with van der Waals surface area (Å²) in [5.74, 6) is 0.547. The zero-order valence-corrected chi connectivity index (χ0v) is 16.0. The van der Waals surface area contributed by atoms with Gasteiger partial charge in [0.05, 0.1) is 10.9 Å². The van der Waals surface area contributed by atoms with E-state index in [-0.39, 0.29) is 17.9 Å². The summed E-state index contributed by atoms with van der Waals surface area (Å²) in [5.41, 5.74) is 0.806. The molecule has 5 nitrogen and oxygen atoms in total. The number of fused-ring (bicyclic) bond motifs is 1. The molecule has 1 fully saturated rings. The number of rotatable bonds is 4. The van der Waals surface area contributed by atoms with E-state index in [1.807, 2.05) is 54.8 Å². The van der Waals surface area contributed by atoms with Crippen LogP contribution in [0.3, 0.4) is 0 Å². The highest BCUT2D eigenvalue weighted by molar-refractivity contribution is 7.12. The summed E-state index contributed by atoms with van der Waals surface area (Å²) in [6, 6.07) is 12.7. The van der Waals surface area contributed by atoms with Crippen molar-refractivity contribution in [2.75, 3.05) is 6.54 Å². The summed E-state index contributed by atoms with van der Waals surface area (Å²) in [7, 11) is 0. The number of hydrogen-bond donors (Lipinski definition) is 1. The lowest BCUT2D eigenvalue weighted by Crippen LogP contribution is -2.52. The van der Waals surface area contributed by atoms with Crippen LogP contribution in [0, 0.1) is 0 Å². The topological polar surface area (TPSA) is 62.6 Å². The molecule has 1 aliphatic rings. The molecule has 0 radical (unpaired) electrons. The van der Waals surface area contributed by atoms with Crippen LogP contribution in [-0.2, 0) is 4.79 Å². The highest BCUT2D eigenvalue weighted by Crippen LogP contribution is 2.25. The van der Waals surface area contributed by atoms with Crippen LogP contribution in [0.2, 0.25) is 0 Å². The molecule has 0 bridgehead atoms. The number of carbonyl (C=O) groups is 2. The summed E-state index contributed by atoms with van der Waals surface area (Å²) >= 11 is 1.41. The summed E-state index contributed by atoms with van der Waals surface area (Å²) in [4.78, 5) is 28.1. The molecule has 2 amide bonds. The second-order valence-electron chi connectivity index (χ2n) is 6.90. The molecular weight excluding hydrogens is 360 g/mol. The molecule has 2 atom stereocenters. The van der Waals surface area contributed by atoms with Gasteiger partial charge in [-0.3, -0.25) is 9.59 Å². The average Bonchev–Trinajstić information content (AvgIpc) is 3.37. The number of para-hydroxylation sites is 1. The third-order valence-corrected chi connectivity index (χ3v) is 5.89. The van der Waals surface area contributed by atoms with E-state index in [1.54, 1.807) is 4.90 Å². The van der Waals surface area contributed by atoms with Gasteiger partial charge in [0.15, 0.2) is 0 Å². The maximum atomic E-state index is 12.9. The van der Waals surface area contributed by atoms with Gasteiger partial charge in [-0.05, 0) is 49.8 Å². The molecule has 0 aliphatic carbocycles. The van der Waals surface area contributed by atoms with Crippen LogP contribution >= 0.6 is 11.3 Å². The zero-order chi connectivity index (χ0) is 18.8. The highest BCUT2D eigenvalue weighted by Gasteiger charge is 2.33. The van der Waals surface area contributed by atoms with Gasteiger partial charge in [0.25, 0.3) is 5.91 Å². The minimum atomic E-state index is -0.430. The standard InChI is InChI=1S/C21H22N2O3S/c1-14(18-13-15-7-2-3-9-17(15)26-18)22-20(24)16-8-4-5-11-23(16)21(25)19-10-6-12-27-19/h2-3,6-7,9-10,12-14,16H,4-5,8,11H2,1H3,(H,22,24). The summed E-state index contributed by atoms with van der Waals surface area (Å²) < 4.78 is 5.86. The van der Waals surface area contributed by atoms with Gasteiger partial charge in [0.2, 0.25) is 5.91 Å². The number of nitrogens with zero attached hydrogens (tertiary/aromatic N) is 1. The largest absolute Gasteiger partial charge is 0.459 e. The van der Waals surface area contributed by atoms with Crippen LogP contribution in [-0.4, -0.2) is 29.3 Å². The molecule has 1 saturated heterocycles. The molecule has 27 heavy (non-hydrogen) atoms. The third-order valence-electron chi connectivity index (χ3n) is 5.03. The fourth-order valence-electron chi connectivity index (χ4n) is 3.59. The van der Waals surface area contributed by atoms with Crippen LogP contribution in [0.4, 0.5) is 0 Å². The van der Waals surface area contributed by atoms with E-state index < -0.39 is 6.04 Å². The first kappa shape index (κ1) is 17.8. The first-order valence-corrected chi connectivity index (χ1v) is 10.1. The summed E-state index contributed by atoms with van der Waals surface area (Å²) in [6.07, 6.45) is 2.57. The first-order valence-electron chi connectivity index (χ1n) is 9.27. The maximum Gasteiger partial charge on any atom is 0.264 e. The second kappa shape index (κ2) is 7.56. The molecule has 2 aromatic heterocycles. The van der Waals surface area contributed by atoms with Crippen LogP contribution in [0.1, 0.15) is 47.7 Å². The predicted molar refractivity (Wildman–Crippen MR) is 106 cm³/mol. The molecule has 3 heterocycles. The van der Waals surface area contributed by atoms with Crippen molar-refractivity contribution in [2.45, 2.75) is 38.3 Å². The molecule has 2 unspecified atom stereocenters. The second-order valence-corrected chi connectivity index (χ2v) is 7.85. The average molecular weight is 382 g/mol. The first-order chi connectivity index (χ1) is 13.1. The van der Waals surface area contributed by atoms with Crippen molar-refractivity contribution in [1.82, 2.24) is 10.2 Å². The summed E-state index contributed by atoms with van der Waals surface area (Å²) in [5, 5.41) is 5.93. The van der Waals surface area contributed by atoms with Gasteiger partial charge >= 0.3 is 0 Å². The number of piperidine rings is 1. The van der Waals surface area contributed by atoms with E-state index in [0.29, 0.717) is 17.8 Å². The van der Waals surface area contributed by atoms with E-state index in [0.717, 1.165) is 29.6 Å². The number of likely N-dealkylation sites (tertiary alicyclic amines) is 1. The van der Waals surface area contributed by atoms with Gasteiger partial charge in [-0.1, -0.05) is 24.3 Å². The number of carbonyl (C=O) groups excluding carboxylic acids is 2. The quantitative estimate of drug-likeness (QED) is 0.729. The molecule has 1 aliphatic heterocycles. The smallest absolute Gasteiger partial charge is 0.264 e. The Morgan fingerprint density at radius 1 is 1.22 bits per heavy atom. The molecule has 1 aromatic carbocycles. The van der Waals surface area contributed by atoms with Crippen molar-refractivity contribution in [3.05, 3.63) is 58.5 Å². The SMILES string of the molecule is CC(NC(=O)C1CCCCN1C(=O)c1cccs1)c1cc2ccccc2o1. The molecule has 3 aromatic rings. The fourth-order valence-corrected chi connectivity index (χ4v) is 4.26. The third kappa shape index (κ3) is 3.62. The van der Waals surface area contributed by atoms with Gasteiger partial charge in [0.1, 0.15) is 17.4 Å². The number of hydrogen-bond acceptors (Lipinski definition) is 4. The Bertz CT molecular complexity index is 914. The number of nitrogens with one attached hydrogen (secondary N) is 1. The molecular formula is C21H22N2O3S. The summed E-state index contributed by atoms with van der Waals surface area (Å²) in [6.45, 7) is 2.53. The van der Waals surface area contributed by atoms with Gasteiger partial charge in [0, 0.05) is 11.9 Å². The van der Waals surface area contributed by atoms with Gasteiger partial charge in [-0.15, -0.1) is 11.3 Å². The number of benzene rings is 1. The van der Waals surface area contributed by atoms with E-state index in [4.69, 9.17) is 4.42 Å². The van der Waals surface area contributed by atoms with Crippen LogP contribution in [0.25, 0.3) is 11.0 Å². The van der Waals surface area contributed by atoms with Gasteiger partial charge in [-0.2, -0.15) is 0 Å². The Hall–Kier alpha value is -2.60. The zero-order valence-electron chi connectivity index (χ0n) is 15.2. The van der Waals surface area contributed by atoms with E-state index in [9.17, 15) is 9.59 Å². The molecule has 6 heteroatoms. The maximum absolute atomic E-state index is 12.9. The van der Waals surface area contributed by atoms with Crippen molar-refractivity contribution in [2.24, 2.45) is 0 Å². The number of furan rings is 1. The van der Waals surface area contributed by atoms with Crippen molar-refractivity contribution in [1.29, 1.82) is 0 Å². The number of thiophene rings is 1. The van der Waals surface area contributed by atoms with Crippen molar-refractivity contribution >= 4 is 34.1 Å². The Balaban J connectivity index is 1.49. The number of amides is 2. The lowest BCUT2D eigenvalue weighted by molar-refractivity contribution is -0.127. The fraction of sp³-hybridized carbons (Fsp3) is 0.333. The molecule has 1 N–H and O–H groups in total. The molecule has 0 spiro atoms. The van der Waals surface area contributed by atoms with E-state index >= 15 is 0 Å². The van der Waals surface area contributed by atoms with E-state index in [1.165, 1.54) is 11.3 Å². The van der Waals surface area contributed by atoms with Crippen LogP contribution in [0.15, 0.2) is 52.3 Å². The molecule has 4 rings (SSSR count). The minimum absolute atomic E-state index is 0.0544. The van der Waals surface area contributed by atoms with Crippen molar-refractivity contribution < 1.29 is 14.0 Å². The Morgan fingerprint density at radius 3 is 2.85 bits per heavy atom. The van der Waals surface area contributed by atoms with Gasteiger partial charge < -0.3 is 14.6 Å². The Labute approximate surface area is 162 Å². The Morgan fingerprint density at radius 2 is 2.07 bits per heavy atom. The Kier molecular flexibility index (Phi) is 4.99. The lowest BCUT2D eigenvalue weighted by atomic mass is 10.0. The molecule has 0 saturated carbocycles. The molecule has 140 valence electrons. The monoisotopic (exact) mass is 382 g/mol.